The van der Waals surface area contributed by atoms with Crippen molar-refractivity contribution < 1.29 is 18.0 Å². The van der Waals surface area contributed by atoms with Crippen LogP contribution >= 0.6 is 11.3 Å². The van der Waals surface area contributed by atoms with E-state index in [2.05, 4.69) is 20.6 Å². The van der Waals surface area contributed by atoms with Gasteiger partial charge in [0, 0.05) is 5.69 Å². The largest absolute Gasteiger partial charge is 0.453 e. The second-order valence-corrected chi connectivity index (χ2v) is 5.23. The highest BCUT2D eigenvalue weighted by molar-refractivity contribution is 7.18. The zero-order valence-corrected chi connectivity index (χ0v) is 11.8. The van der Waals surface area contributed by atoms with Gasteiger partial charge in [0.15, 0.2) is 0 Å². The molecule has 1 amide bonds. The predicted molar refractivity (Wildman–Crippen MR) is 72.8 cm³/mol. The molecule has 0 radical (unpaired) electrons. The van der Waals surface area contributed by atoms with Crippen LogP contribution in [0, 0.1) is 11.3 Å². The van der Waals surface area contributed by atoms with Crippen molar-refractivity contribution in [3.05, 3.63) is 40.7 Å². The van der Waals surface area contributed by atoms with Crippen LogP contribution in [0.2, 0.25) is 0 Å². The lowest BCUT2D eigenvalue weighted by Crippen LogP contribution is -2.14. The van der Waals surface area contributed by atoms with Gasteiger partial charge < -0.3 is 5.32 Å². The van der Waals surface area contributed by atoms with Gasteiger partial charge >= 0.3 is 6.18 Å². The molecule has 0 fully saturated rings. The minimum Gasteiger partial charge on any atom is -0.320 e. The normalized spacial score (nSPS) is 11.4. The number of amides is 1. The third-order valence-corrected chi connectivity index (χ3v) is 3.59. The summed E-state index contributed by atoms with van der Waals surface area (Å²) in [4.78, 5) is 11.9. The molecule has 3 aromatic rings. The Labute approximate surface area is 130 Å². The van der Waals surface area contributed by atoms with E-state index in [-0.39, 0.29) is 9.97 Å². The van der Waals surface area contributed by atoms with Gasteiger partial charge in [-0.15, -0.1) is 15.3 Å². The molecule has 0 aliphatic rings. The summed E-state index contributed by atoms with van der Waals surface area (Å²) in [5.41, 5.74) is 0.663. The van der Waals surface area contributed by atoms with Crippen LogP contribution in [0.4, 0.5) is 18.9 Å². The molecule has 1 aromatic carbocycles. The lowest BCUT2D eigenvalue weighted by molar-refractivity contribution is -0.146. The van der Waals surface area contributed by atoms with Gasteiger partial charge in [0.2, 0.25) is 9.97 Å². The Bertz CT molecular complexity index is 938. The fourth-order valence-corrected chi connectivity index (χ4v) is 2.47. The minimum atomic E-state index is -4.72. The number of hydrogen-bond acceptors (Lipinski definition) is 6. The highest BCUT2D eigenvalue weighted by atomic mass is 32.1. The average molecular weight is 338 g/mol. The standard InChI is InChI=1S/C12H5F3N6OS/c13-12(14,15)10-18-19-11-21(10)20-9(23-11)8(22)17-7-3-1-2-6(4-7)5-16/h1-4H,(H,17,22). The first-order valence-electron chi connectivity index (χ1n) is 5.99. The number of hydrogen-bond donors (Lipinski definition) is 1. The van der Waals surface area contributed by atoms with E-state index in [1.165, 1.54) is 6.07 Å². The van der Waals surface area contributed by atoms with E-state index in [9.17, 15) is 18.0 Å². The third-order valence-electron chi connectivity index (χ3n) is 2.69. The zero-order chi connectivity index (χ0) is 16.6. The third kappa shape index (κ3) is 2.84. The molecule has 11 heteroatoms. The Kier molecular flexibility index (Phi) is 3.45. The highest BCUT2D eigenvalue weighted by Crippen LogP contribution is 2.29. The summed E-state index contributed by atoms with van der Waals surface area (Å²) in [5, 5.41) is 21.0. The van der Waals surface area contributed by atoms with Gasteiger partial charge in [0.05, 0.1) is 11.6 Å². The van der Waals surface area contributed by atoms with Crippen molar-refractivity contribution in [3.63, 3.8) is 0 Å². The van der Waals surface area contributed by atoms with Crippen molar-refractivity contribution >= 4 is 27.9 Å². The summed E-state index contributed by atoms with van der Waals surface area (Å²) in [6.07, 6.45) is -4.72. The van der Waals surface area contributed by atoms with E-state index in [0.29, 0.717) is 27.1 Å². The maximum atomic E-state index is 12.7. The van der Waals surface area contributed by atoms with Gasteiger partial charge in [-0.2, -0.15) is 22.9 Å². The molecule has 1 N–H and O–H groups in total. The molecule has 0 bridgehead atoms. The van der Waals surface area contributed by atoms with Gasteiger partial charge in [-0.1, -0.05) is 17.4 Å². The second kappa shape index (κ2) is 5.33. The molecule has 0 unspecified atom stereocenters. The van der Waals surface area contributed by atoms with Crippen LogP contribution in [0.15, 0.2) is 24.3 Å². The molecule has 3 rings (SSSR count). The molecule has 23 heavy (non-hydrogen) atoms. The molecule has 116 valence electrons. The summed E-state index contributed by atoms with van der Waals surface area (Å²) in [6, 6.07) is 8.00. The number of nitriles is 1. The fourth-order valence-electron chi connectivity index (χ4n) is 1.74. The number of benzene rings is 1. The van der Waals surface area contributed by atoms with Gasteiger partial charge in [0.25, 0.3) is 11.7 Å². The van der Waals surface area contributed by atoms with Crippen molar-refractivity contribution in [2.45, 2.75) is 6.18 Å². The lowest BCUT2D eigenvalue weighted by atomic mass is 10.2. The Balaban J connectivity index is 1.89. The molecule has 0 spiro atoms. The number of nitrogens with zero attached hydrogens (tertiary/aromatic N) is 5. The van der Waals surface area contributed by atoms with Crippen molar-refractivity contribution in [1.29, 1.82) is 5.26 Å². The first kappa shape index (κ1) is 14.9. The number of anilines is 1. The molecular weight excluding hydrogens is 333 g/mol. The summed E-state index contributed by atoms with van der Waals surface area (Å²) < 4.78 is 38.6. The molecule has 0 saturated heterocycles. The predicted octanol–water partition coefficient (Wildman–Crippen LogP) is 2.33. The summed E-state index contributed by atoms with van der Waals surface area (Å²) in [7, 11) is 0. The molecule has 0 saturated carbocycles. The number of carbonyl (C=O) groups is 1. The summed E-state index contributed by atoms with van der Waals surface area (Å²) in [6.45, 7) is 0. The summed E-state index contributed by atoms with van der Waals surface area (Å²) in [5.74, 6) is -2.00. The number of carbonyl (C=O) groups excluding carboxylic acids is 1. The molecule has 2 aromatic heterocycles. The monoisotopic (exact) mass is 338 g/mol. The quantitative estimate of drug-likeness (QED) is 0.773. The SMILES string of the molecule is N#Cc1cccc(NC(=O)c2nn3c(C(F)(F)F)nnc3s2)c1. The van der Waals surface area contributed by atoms with Crippen molar-refractivity contribution in [3.8, 4) is 6.07 Å². The number of alkyl halides is 3. The maximum Gasteiger partial charge on any atom is 0.453 e. The fraction of sp³-hybridized carbons (Fsp3) is 0.0833. The van der Waals surface area contributed by atoms with E-state index in [4.69, 9.17) is 5.26 Å². The molecule has 0 atom stereocenters. The van der Waals surface area contributed by atoms with Gasteiger partial charge in [-0.25, -0.2) is 0 Å². The topological polar surface area (TPSA) is 96.0 Å². The van der Waals surface area contributed by atoms with Crippen molar-refractivity contribution in [2.24, 2.45) is 0 Å². The van der Waals surface area contributed by atoms with Gasteiger partial charge in [0.1, 0.15) is 0 Å². The molecule has 7 nitrogen and oxygen atoms in total. The number of rotatable bonds is 2. The molecule has 0 aliphatic heterocycles. The molecular formula is C12H5F3N6OS. The molecule has 0 aliphatic carbocycles. The number of nitrogens with one attached hydrogen (secondary N) is 1. The lowest BCUT2D eigenvalue weighted by Gasteiger charge is -2.02. The second-order valence-electron chi connectivity index (χ2n) is 4.27. The average Bonchev–Trinajstić information content (AvgIpc) is 3.06. The Morgan fingerprint density at radius 3 is 2.83 bits per heavy atom. The van der Waals surface area contributed by atoms with Crippen molar-refractivity contribution in [1.82, 2.24) is 19.8 Å². The van der Waals surface area contributed by atoms with Crippen LogP contribution in [-0.4, -0.2) is 25.7 Å². The summed E-state index contributed by atoms with van der Waals surface area (Å²) >= 11 is 0.673. The van der Waals surface area contributed by atoms with Crippen LogP contribution in [0.25, 0.3) is 4.96 Å². The van der Waals surface area contributed by atoms with E-state index in [1.54, 1.807) is 18.2 Å². The Morgan fingerprint density at radius 2 is 2.13 bits per heavy atom. The van der Waals surface area contributed by atoms with E-state index >= 15 is 0 Å². The molecule has 2 heterocycles. The number of halogens is 3. The van der Waals surface area contributed by atoms with Crippen LogP contribution in [0.3, 0.4) is 0 Å². The Hall–Kier alpha value is -3.00. The van der Waals surface area contributed by atoms with Gasteiger partial charge in [-0.3, -0.25) is 4.79 Å². The first-order valence-corrected chi connectivity index (χ1v) is 6.81. The van der Waals surface area contributed by atoms with E-state index in [1.807, 2.05) is 6.07 Å². The van der Waals surface area contributed by atoms with Gasteiger partial charge in [-0.05, 0) is 18.2 Å². The first-order chi connectivity index (χ1) is 10.9. The van der Waals surface area contributed by atoms with E-state index < -0.39 is 17.9 Å². The van der Waals surface area contributed by atoms with Crippen LogP contribution in [0.1, 0.15) is 21.2 Å². The smallest absolute Gasteiger partial charge is 0.320 e. The Morgan fingerprint density at radius 1 is 1.35 bits per heavy atom. The number of aromatic nitrogens is 4. The number of fused-ring (bicyclic) bond motifs is 1. The van der Waals surface area contributed by atoms with Crippen molar-refractivity contribution in [2.75, 3.05) is 5.32 Å². The highest BCUT2D eigenvalue weighted by Gasteiger charge is 2.38. The van der Waals surface area contributed by atoms with E-state index in [0.717, 1.165) is 0 Å². The minimum absolute atomic E-state index is 0.145. The zero-order valence-electron chi connectivity index (χ0n) is 11.0. The van der Waals surface area contributed by atoms with Crippen LogP contribution in [0.5, 0.6) is 0 Å². The van der Waals surface area contributed by atoms with Crippen LogP contribution < -0.4 is 5.32 Å². The maximum absolute atomic E-state index is 12.7. The van der Waals surface area contributed by atoms with Crippen LogP contribution in [-0.2, 0) is 6.18 Å².